The minimum atomic E-state index is 0.326. The Morgan fingerprint density at radius 1 is 0.963 bits per heavy atom. The van der Waals surface area contributed by atoms with E-state index < -0.39 is 0 Å². The highest BCUT2D eigenvalue weighted by Gasteiger charge is 2.28. The Kier molecular flexibility index (Phi) is 4.73. The lowest BCUT2D eigenvalue weighted by molar-refractivity contribution is 0.447. The van der Waals surface area contributed by atoms with Crippen molar-refractivity contribution in [1.29, 1.82) is 0 Å². The van der Waals surface area contributed by atoms with Crippen LogP contribution in [0.1, 0.15) is 52.1 Å². The summed E-state index contributed by atoms with van der Waals surface area (Å²) in [5.74, 6) is 0. The Labute approximate surface area is 161 Å². The van der Waals surface area contributed by atoms with Crippen LogP contribution in [-0.2, 0) is 6.54 Å². The monoisotopic (exact) mass is 360 g/mol. The summed E-state index contributed by atoms with van der Waals surface area (Å²) in [6.45, 7) is 9.86. The molecule has 0 spiro atoms. The standard InChI is InChI=1S/C23H28N4/c1-5-10-17(4)27-23-19-12-7-6-11-18(19)15-26(16(2)3)21-14-9-8-13-20(21)22(23)24-25-27/h6-9,11-14,16-17H,5,10,15H2,1-4H3. The molecule has 0 saturated heterocycles. The molecule has 0 N–H and O–H groups in total. The maximum absolute atomic E-state index is 4.68. The van der Waals surface area contributed by atoms with E-state index in [1.807, 2.05) is 0 Å². The fourth-order valence-electron chi connectivity index (χ4n) is 4.12. The van der Waals surface area contributed by atoms with Crippen molar-refractivity contribution in [3.8, 4) is 22.5 Å². The van der Waals surface area contributed by atoms with E-state index in [9.17, 15) is 0 Å². The molecule has 0 aliphatic carbocycles. The molecule has 0 amide bonds. The van der Waals surface area contributed by atoms with E-state index in [1.165, 1.54) is 22.4 Å². The molecule has 1 atom stereocenters. The third-order valence-electron chi connectivity index (χ3n) is 5.52. The van der Waals surface area contributed by atoms with E-state index in [-0.39, 0.29) is 0 Å². The highest BCUT2D eigenvalue weighted by molar-refractivity contribution is 5.88. The minimum absolute atomic E-state index is 0.326. The van der Waals surface area contributed by atoms with Gasteiger partial charge < -0.3 is 4.90 Å². The van der Waals surface area contributed by atoms with Crippen LogP contribution < -0.4 is 4.90 Å². The van der Waals surface area contributed by atoms with Gasteiger partial charge in [0.2, 0.25) is 0 Å². The van der Waals surface area contributed by atoms with Gasteiger partial charge in [0, 0.05) is 29.4 Å². The molecule has 0 fully saturated rings. The van der Waals surface area contributed by atoms with Gasteiger partial charge in [0.25, 0.3) is 0 Å². The fraction of sp³-hybridized carbons (Fsp3) is 0.391. The van der Waals surface area contributed by atoms with Crippen LogP contribution in [0.3, 0.4) is 0 Å². The molecule has 0 saturated carbocycles. The number of fused-ring (bicyclic) bond motifs is 5. The Morgan fingerprint density at radius 2 is 1.67 bits per heavy atom. The van der Waals surface area contributed by atoms with Crippen molar-refractivity contribution >= 4 is 5.69 Å². The van der Waals surface area contributed by atoms with E-state index >= 15 is 0 Å². The molecule has 140 valence electrons. The smallest absolute Gasteiger partial charge is 0.123 e. The van der Waals surface area contributed by atoms with E-state index in [4.69, 9.17) is 0 Å². The average Bonchev–Trinajstić information content (AvgIpc) is 3.09. The van der Waals surface area contributed by atoms with Gasteiger partial charge in [-0.2, -0.15) is 0 Å². The van der Waals surface area contributed by atoms with Crippen molar-refractivity contribution in [2.75, 3.05) is 4.90 Å². The van der Waals surface area contributed by atoms with Crippen molar-refractivity contribution in [1.82, 2.24) is 15.0 Å². The topological polar surface area (TPSA) is 34.0 Å². The van der Waals surface area contributed by atoms with Gasteiger partial charge >= 0.3 is 0 Å². The first-order valence-electron chi connectivity index (χ1n) is 10.0. The van der Waals surface area contributed by atoms with Crippen LogP contribution in [0.15, 0.2) is 48.5 Å². The van der Waals surface area contributed by atoms with Crippen LogP contribution in [0.4, 0.5) is 5.69 Å². The summed E-state index contributed by atoms with van der Waals surface area (Å²) >= 11 is 0. The van der Waals surface area contributed by atoms with Gasteiger partial charge in [-0.1, -0.05) is 61.0 Å². The van der Waals surface area contributed by atoms with Crippen molar-refractivity contribution < 1.29 is 0 Å². The molecule has 4 heteroatoms. The molecule has 1 aliphatic heterocycles. The normalized spacial score (nSPS) is 14.2. The molecule has 2 heterocycles. The van der Waals surface area contributed by atoms with Gasteiger partial charge in [-0.05, 0) is 38.8 Å². The second-order valence-electron chi connectivity index (χ2n) is 7.76. The molecular formula is C23H28N4. The summed E-state index contributed by atoms with van der Waals surface area (Å²) in [7, 11) is 0. The largest absolute Gasteiger partial charge is 0.364 e. The van der Waals surface area contributed by atoms with Gasteiger partial charge in [0.15, 0.2) is 0 Å². The maximum Gasteiger partial charge on any atom is 0.123 e. The first kappa shape index (κ1) is 17.8. The quantitative estimate of drug-likeness (QED) is 0.598. The van der Waals surface area contributed by atoms with Gasteiger partial charge in [-0.15, -0.1) is 5.10 Å². The first-order valence-corrected chi connectivity index (χ1v) is 10.0. The zero-order chi connectivity index (χ0) is 19.0. The minimum Gasteiger partial charge on any atom is -0.364 e. The highest BCUT2D eigenvalue weighted by atomic mass is 15.4. The van der Waals surface area contributed by atoms with Crippen LogP contribution in [-0.4, -0.2) is 21.0 Å². The molecule has 4 rings (SSSR count). The Balaban J connectivity index is 2.02. The summed E-state index contributed by atoms with van der Waals surface area (Å²) in [5.41, 5.74) is 7.13. The van der Waals surface area contributed by atoms with Crippen LogP contribution in [0, 0.1) is 0 Å². The summed E-state index contributed by atoms with van der Waals surface area (Å²) in [4.78, 5) is 2.46. The number of benzene rings is 2. The Bertz CT molecular complexity index is 941. The van der Waals surface area contributed by atoms with E-state index in [0.717, 1.165) is 30.8 Å². The second-order valence-corrected chi connectivity index (χ2v) is 7.76. The van der Waals surface area contributed by atoms with Gasteiger partial charge in [0.1, 0.15) is 5.69 Å². The highest BCUT2D eigenvalue weighted by Crippen LogP contribution is 2.42. The molecule has 0 bridgehead atoms. The lowest BCUT2D eigenvalue weighted by Gasteiger charge is -2.33. The summed E-state index contributed by atoms with van der Waals surface area (Å²) in [6, 6.07) is 18.0. The third kappa shape index (κ3) is 3.03. The number of hydrogen-bond acceptors (Lipinski definition) is 3. The maximum atomic E-state index is 4.68. The van der Waals surface area contributed by atoms with E-state index in [2.05, 4.69) is 96.1 Å². The average molecular weight is 361 g/mol. The van der Waals surface area contributed by atoms with E-state index in [0.29, 0.717) is 12.1 Å². The molecule has 27 heavy (non-hydrogen) atoms. The van der Waals surface area contributed by atoms with Gasteiger partial charge in [-0.25, -0.2) is 4.68 Å². The number of nitrogens with zero attached hydrogens (tertiary/aromatic N) is 4. The zero-order valence-corrected chi connectivity index (χ0v) is 16.7. The number of para-hydroxylation sites is 1. The van der Waals surface area contributed by atoms with Crippen LogP contribution in [0.25, 0.3) is 22.5 Å². The predicted molar refractivity (Wildman–Crippen MR) is 112 cm³/mol. The molecule has 4 nitrogen and oxygen atoms in total. The van der Waals surface area contributed by atoms with E-state index in [1.54, 1.807) is 0 Å². The van der Waals surface area contributed by atoms with Gasteiger partial charge in [0.05, 0.1) is 11.7 Å². The predicted octanol–water partition coefficient (Wildman–Crippen LogP) is 5.70. The SMILES string of the molecule is CCCC(C)n1nnc2c1-c1ccccc1CN(C(C)C)c1ccccc1-2. The number of rotatable bonds is 4. The molecule has 0 radical (unpaired) electrons. The summed E-state index contributed by atoms with van der Waals surface area (Å²) in [5, 5.41) is 9.30. The molecule has 2 aromatic carbocycles. The molecule has 1 unspecified atom stereocenters. The third-order valence-corrected chi connectivity index (χ3v) is 5.52. The van der Waals surface area contributed by atoms with Crippen LogP contribution in [0.2, 0.25) is 0 Å². The Hall–Kier alpha value is -2.62. The van der Waals surface area contributed by atoms with Crippen molar-refractivity contribution in [3.05, 3.63) is 54.1 Å². The Morgan fingerprint density at radius 3 is 2.41 bits per heavy atom. The van der Waals surface area contributed by atoms with Crippen LogP contribution in [0.5, 0.6) is 0 Å². The lowest BCUT2D eigenvalue weighted by atomic mass is 9.94. The fourth-order valence-corrected chi connectivity index (χ4v) is 4.12. The van der Waals surface area contributed by atoms with Crippen molar-refractivity contribution in [3.63, 3.8) is 0 Å². The lowest BCUT2D eigenvalue weighted by Crippen LogP contribution is -2.31. The number of hydrogen-bond donors (Lipinski definition) is 0. The zero-order valence-electron chi connectivity index (χ0n) is 16.7. The van der Waals surface area contributed by atoms with Crippen molar-refractivity contribution in [2.24, 2.45) is 0 Å². The molecule has 1 aromatic heterocycles. The van der Waals surface area contributed by atoms with Crippen molar-refractivity contribution in [2.45, 2.75) is 59.2 Å². The summed E-state index contributed by atoms with van der Waals surface area (Å²) in [6.07, 6.45) is 2.23. The molecule has 3 aromatic rings. The molecule has 1 aliphatic rings. The number of aromatic nitrogens is 3. The van der Waals surface area contributed by atoms with Gasteiger partial charge in [-0.3, -0.25) is 0 Å². The number of anilines is 1. The molecular weight excluding hydrogens is 332 g/mol. The second kappa shape index (κ2) is 7.18. The summed E-state index contributed by atoms with van der Waals surface area (Å²) < 4.78 is 2.14. The van der Waals surface area contributed by atoms with Crippen LogP contribution >= 0.6 is 0 Å². The first-order chi connectivity index (χ1) is 13.1.